The number of methoxy groups -OCH3 is 2. The Kier molecular flexibility index (Phi) is 5.83. The molecule has 1 aliphatic rings. The summed E-state index contributed by atoms with van der Waals surface area (Å²) in [5.41, 5.74) is 3.33. The fourth-order valence-corrected chi connectivity index (χ4v) is 4.14. The molecule has 0 saturated carbocycles. The predicted octanol–water partition coefficient (Wildman–Crippen LogP) is 4.97. The largest absolute Gasteiger partial charge is 0.497 e. The molecule has 4 rings (SSSR count). The number of nitrogens with one attached hydrogen (secondary N) is 1. The first kappa shape index (κ1) is 21.1. The number of aryl methyl sites for hydroxylation is 2. The molecule has 0 aliphatic carbocycles. The molecule has 1 unspecified atom stereocenters. The van der Waals surface area contributed by atoms with Crippen molar-refractivity contribution in [1.82, 2.24) is 5.32 Å². The lowest BCUT2D eigenvalue weighted by atomic mass is 9.99. The van der Waals surface area contributed by atoms with E-state index >= 15 is 0 Å². The third kappa shape index (κ3) is 4.21. The molecule has 1 N–H and O–H groups in total. The molecule has 0 fully saturated rings. The minimum Gasteiger partial charge on any atom is -0.497 e. The summed E-state index contributed by atoms with van der Waals surface area (Å²) in [6, 6.07) is 11.3. The molecule has 2 heterocycles. The van der Waals surface area contributed by atoms with Crippen LogP contribution in [0.2, 0.25) is 5.02 Å². The Morgan fingerprint density at radius 1 is 1.16 bits per heavy atom. The molecule has 3 aromatic rings. The van der Waals surface area contributed by atoms with Gasteiger partial charge in [0.05, 0.1) is 31.4 Å². The fourth-order valence-electron chi connectivity index (χ4n) is 3.85. The number of furan rings is 1. The number of halogens is 1. The van der Waals surface area contributed by atoms with Crippen LogP contribution in [0.3, 0.4) is 0 Å². The normalized spacial score (nSPS) is 14.7. The summed E-state index contributed by atoms with van der Waals surface area (Å²) in [5, 5.41) is 3.45. The Labute approximate surface area is 186 Å². The highest BCUT2D eigenvalue weighted by atomic mass is 35.5. The van der Waals surface area contributed by atoms with Crippen molar-refractivity contribution in [1.29, 1.82) is 0 Å². The molecule has 1 amide bonds. The fraction of sp³-hybridized carbons (Fsp3) is 0.292. The molecule has 1 aliphatic heterocycles. The van der Waals surface area contributed by atoms with Gasteiger partial charge in [-0.2, -0.15) is 0 Å². The van der Waals surface area contributed by atoms with E-state index in [0.717, 1.165) is 28.2 Å². The monoisotopic (exact) mass is 441 g/mol. The van der Waals surface area contributed by atoms with Crippen LogP contribution in [0.5, 0.6) is 17.2 Å². The number of hydrogen-bond acceptors (Lipinski definition) is 5. The van der Waals surface area contributed by atoms with Crippen molar-refractivity contribution < 1.29 is 23.4 Å². The van der Waals surface area contributed by atoms with Crippen molar-refractivity contribution in [3.05, 3.63) is 64.1 Å². The van der Waals surface area contributed by atoms with Gasteiger partial charge in [0.15, 0.2) is 0 Å². The van der Waals surface area contributed by atoms with Crippen LogP contribution in [0.1, 0.15) is 27.4 Å². The maximum Gasteiger partial charge on any atom is 0.254 e. The van der Waals surface area contributed by atoms with E-state index in [4.69, 9.17) is 30.2 Å². The number of carbonyl (C=O) groups is 1. The Bertz CT molecular complexity index is 1140. The molecular formula is C24H24ClNO5. The second-order valence-electron chi connectivity index (χ2n) is 7.49. The van der Waals surface area contributed by atoms with Crippen molar-refractivity contribution in [2.45, 2.75) is 26.4 Å². The Morgan fingerprint density at radius 2 is 1.97 bits per heavy atom. The first-order valence-corrected chi connectivity index (χ1v) is 10.3. The van der Waals surface area contributed by atoms with Crippen LogP contribution in [-0.2, 0) is 6.42 Å². The molecule has 0 radical (unpaired) electrons. The van der Waals surface area contributed by atoms with E-state index in [1.165, 1.54) is 0 Å². The topological polar surface area (TPSA) is 69.9 Å². The lowest BCUT2D eigenvalue weighted by Crippen LogP contribution is -2.34. The van der Waals surface area contributed by atoms with Crippen LogP contribution >= 0.6 is 11.6 Å². The van der Waals surface area contributed by atoms with E-state index in [0.29, 0.717) is 40.8 Å². The zero-order valence-corrected chi connectivity index (χ0v) is 18.6. The number of amides is 1. The Balaban J connectivity index is 1.52. The van der Waals surface area contributed by atoms with Gasteiger partial charge in [0, 0.05) is 17.5 Å². The number of hydrogen-bond donors (Lipinski definition) is 1. The molecule has 0 spiro atoms. The molecule has 162 valence electrons. The predicted molar refractivity (Wildman–Crippen MR) is 119 cm³/mol. The first-order valence-electron chi connectivity index (χ1n) is 9.96. The van der Waals surface area contributed by atoms with Gasteiger partial charge in [-0.05, 0) is 55.8 Å². The van der Waals surface area contributed by atoms with Crippen LogP contribution in [-0.4, -0.2) is 32.8 Å². The lowest BCUT2D eigenvalue weighted by molar-refractivity contribution is 0.0932. The number of fused-ring (bicyclic) bond motifs is 1. The average molecular weight is 442 g/mol. The van der Waals surface area contributed by atoms with Crippen LogP contribution in [0.15, 0.2) is 40.8 Å². The minimum atomic E-state index is -0.202. The van der Waals surface area contributed by atoms with Gasteiger partial charge in [0.25, 0.3) is 5.91 Å². The quantitative estimate of drug-likeness (QED) is 0.585. The van der Waals surface area contributed by atoms with Gasteiger partial charge in [0.2, 0.25) is 0 Å². The van der Waals surface area contributed by atoms with Gasteiger partial charge in [-0.1, -0.05) is 11.6 Å². The number of benzene rings is 2. The highest BCUT2D eigenvalue weighted by Gasteiger charge is 2.27. The Morgan fingerprint density at radius 3 is 2.65 bits per heavy atom. The van der Waals surface area contributed by atoms with Crippen LogP contribution in [0, 0.1) is 13.8 Å². The van der Waals surface area contributed by atoms with E-state index in [-0.39, 0.29) is 12.0 Å². The molecule has 2 aromatic carbocycles. The zero-order chi connectivity index (χ0) is 22.1. The zero-order valence-electron chi connectivity index (χ0n) is 17.9. The van der Waals surface area contributed by atoms with E-state index in [1.807, 2.05) is 37.3 Å². The van der Waals surface area contributed by atoms with Crippen molar-refractivity contribution >= 4 is 17.5 Å². The maximum atomic E-state index is 12.5. The van der Waals surface area contributed by atoms with Crippen molar-refractivity contribution in [3.8, 4) is 28.4 Å². The number of ether oxygens (including phenoxy) is 3. The summed E-state index contributed by atoms with van der Waals surface area (Å²) in [4.78, 5) is 12.5. The molecule has 1 aromatic heterocycles. The molecule has 0 saturated heterocycles. The van der Waals surface area contributed by atoms with Crippen molar-refractivity contribution in [3.63, 3.8) is 0 Å². The molecule has 1 atom stereocenters. The van der Waals surface area contributed by atoms with Crippen LogP contribution < -0.4 is 19.5 Å². The van der Waals surface area contributed by atoms with Crippen molar-refractivity contribution in [2.24, 2.45) is 0 Å². The van der Waals surface area contributed by atoms with E-state index in [9.17, 15) is 4.79 Å². The van der Waals surface area contributed by atoms with Crippen molar-refractivity contribution in [2.75, 3.05) is 20.8 Å². The highest BCUT2D eigenvalue weighted by molar-refractivity contribution is 6.32. The van der Waals surface area contributed by atoms with E-state index < -0.39 is 0 Å². The van der Waals surface area contributed by atoms with Gasteiger partial charge in [-0.25, -0.2) is 0 Å². The Hall–Kier alpha value is -3.12. The summed E-state index contributed by atoms with van der Waals surface area (Å²) >= 11 is 6.54. The lowest BCUT2D eigenvalue weighted by Gasteiger charge is -2.13. The molecule has 7 heteroatoms. The molecule has 0 bridgehead atoms. The first-order chi connectivity index (χ1) is 14.9. The minimum absolute atomic E-state index is 0.179. The second kappa shape index (κ2) is 8.55. The average Bonchev–Trinajstić information content (AvgIpc) is 3.33. The van der Waals surface area contributed by atoms with Gasteiger partial charge >= 0.3 is 0 Å². The third-order valence-electron chi connectivity index (χ3n) is 5.35. The van der Waals surface area contributed by atoms with Crippen LogP contribution in [0.4, 0.5) is 0 Å². The SMILES string of the molecule is COc1ccc(OC)c(-c2cc(Cl)c3c(c2)CC(CNC(=O)c2cc(C)oc2C)O3)c1. The number of carbonyl (C=O) groups excluding carboxylic acids is 1. The van der Waals surface area contributed by atoms with E-state index in [2.05, 4.69) is 5.32 Å². The summed E-state index contributed by atoms with van der Waals surface area (Å²) in [6.45, 7) is 3.96. The van der Waals surface area contributed by atoms with Gasteiger partial charge in [-0.15, -0.1) is 0 Å². The van der Waals surface area contributed by atoms with Crippen LogP contribution in [0.25, 0.3) is 11.1 Å². The maximum absolute atomic E-state index is 12.5. The summed E-state index contributed by atoms with van der Waals surface area (Å²) in [6.07, 6.45) is 0.436. The smallest absolute Gasteiger partial charge is 0.254 e. The summed E-state index contributed by atoms with van der Waals surface area (Å²) < 4.78 is 22.3. The number of rotatable bonds is 6. The third-order valence-corrected chi connectivity index (χ3v) is 5.63. The summed E-state index contributed by atoms with van der Waals surface area (Å²) in [5.74, 6) is 3.24. The van der Waals surface area contributed by atoms with Gasteiger partial charge in [0.1, 0.15) is 34.9 Å². The standard InChI is InChI=1S/C24H24ClNO5/c1-13-7-19(14(2)30-13)24(27)26-12-18-9-16-8-15(10-21(25)23(16)31-18)20-11-17(28-3)5-6-22(20)29-4/h5-8,10-11,18H,9,12H2,1-4H3,(H,26,27). The summed E-state index contributed by atoms with van der Waals surface area (Å²) in [7, 11) is 3.26. The highest BCUT2D eigenvalue weighted by Crippen LogP contribution is 2.42. The molecule has 6 nitrogen and oxygen atoms in total. The van der Waals surface area contributed by atoms with Gasteiger partial charge in [-0.3, -0.25) is 4.79 Å². The second-order valence-corrected chi connectivity index (χ2v) is 7.90. The molecular weight excluding hydrogens is 418 g/mol. The van der Waals surface area contributed by atoms with Gasteiger partial charge < -0.3 is 23.9 Å². The van der Waals surface area contributed by atoms with E-state index in [1.54, 1.807) is 27.2 Å². The molecule has 31 heavy (non-hydrogen) atoms.